The number of ether oxygens (including phenoxy) is 1. The zero-order chi connectivity index (χ0) is 24.9. The maximum Gasteiger partial charge on any atom is 0.322 e. The second-order valence-electron chi connectivity index (χ2n) is 8.11. The number of halogens is 1. The summed E-state index contributed by atoms with van der Waals surface area (Å²) >= 11 is 0. The SMILES string of the molecule is COCc1cc(-c2nc(C3=CC(F)C(C(=O)NCC(=O)O)C=C3)no2)ccc1-c1ccccc1C. The van der Waals surface area contributed by atoms with Crippen LogP contribution in [0.1, 0.15) is 17.0 Å². The third kappa shape index (κ3) is 5.36. The van der Waals surface area contributed by atoms with Crippen LogP contribution in [-0.4, -0.2) is 46.9 Å². The molecule has 0 bridgehead atoms. The Bertz CT molecular complexity index is 1310. The topological polar surface area (TPSA) is 115 Å². The van der Waals surface area contributed by atoms with Crippen LogP contribution in [0.5, 0.6) is 0 Å². The number of allylic oxidation sites excluding steroid dienone is 3. The predicted octanol–water partition coefficient (Wildman–Crippen LogP) is 3.97. The Labute approximate surface area is 201 Å². The van der Waals surface area contributed by atoms with Crippen LogP contribution in [-0.2, 0) is 20.9 Å². The molecule has 0 spiro atoms. The monoisotopic (exact) mass is 477 g/mol. The Balaban J connectivity index is 1.56. The Morgan fingerprint density at radius 1 is 1.20 bits per heavy atom. The average molecular weight is 477 g/mol. The standard InChI is InChI=1S/C26H24FN3O5/c1-15-5-3-4-6-19(15)20-9-8-17(11-18(20)14-34-2)26-29-24(30-35-26)16-7-10-21(22(27)12-16)25(33)28-13-23(31)32/h3-12,21-22H,13-14H2,1-2H3,(H,28,33)(H,31,32). The van der Waals surface area contributed by atoms with Crippen LogP contribution in [0.25, 0.3) is 28.2 Å². The molecule has 1 aliphatic rings. The third-order valence-corrected chi connectivity index (χ3v) is 5.65. The number of benzene rings is 2. The van der Waals surface area contributed by atoms with E-state index in [0.717, 1.165) is 22.3 Å². The number of nitrogens with zero attached hydrogens (tertiary/aromatic N) is 2. The lowest BCUT2D eigenvalue weighted by Crippen LogP contribution is -2.38. The van der Waals surface area contributed by atoms with Gasteiger partial charge < -0.3 is 19.7 Å². The Morgan fingerprint density at radius 2 is 2.00 bits per heavy atom. The molecule has 2 aromatic carbocycles. The maximum atomic E-state index is 14.6. The molecule has 8 nitrogen and oxygen atoms in total. The van der Waals surface area contributed by atoms with Gasteiger partial charge in [-0.05, 0) is 47.4 Å². The first-order chi connectivity index (χ1) is 16.9. The number of carboxylic acid groups (broad SMARTS) is 1. The highest BCUT2D eigenvalue weighted by Gasteiger charge is 2.29. The van der Waals surface area contributed by atoms with Crippen LogP contribution in [0.4, 0.5) is 4.39 Å². The molecule has 4 rings (SSSR count). The van der Waals surface area contributed by atoms with Crippen molar-refractivity contribution in [1.29, 1.82) is 0 Å². The van der Waals surface area contributed by atoms with E-state index in [4.69, 9.17) is 14.4 Å². The lowest BCUT2D eigenvalue weighted by atomic mass is 9.93. The normalized spacial score (nSPS) is 17.2. The molecule has 2 atom stereocenters. The van der Waals surface area contributed by atoms with Gasteiger partial charge in [0.2, 0.25) is 11.7 Å². The molecule has 180 valence electrons. The van der Waals surface area contributed by atoms with Gasteiger partial charge in [0.25, 0.3) is 5.89 Å². The number of nitrogens with one attached hydrogen (secondary N) is 1. The van der Waals surface area contributed by atoms with Gasteiger partial charge in [-0.2, -0.15) is 4.98 Å². The number of carboxylic acids is 1. The lowest BCUT2D eigenvalue weighted by Gasteiger charge is -2.18. The van der Waals surface area contributed by atoms with Crippen molar-refractivity contribution in [2.45, 2.75) is 19.7 Å². The first kappa shape index (κ1) is 24.0. The van der Waals surface area contributed by atoms with Crippen molar-refractivity contribution in [2.75, 3.05) is 13.7 Å². The number of rotatable bonds is 8. The number of hydrogen-bond acceptors (Lipinski definition) is 6. The van der Waals surface area contributed by atoms with Gasteiger partial charge in [0.15, 0.2) is 0 Å². The van der Waals surface area contributed by atoms with Gasteiger partial charge in [0.1, 0.15) is 12.7 Å². The number of amides is 1. The number of aliphatic carboxylic acids is 1. The average Bonchev–Trinajstić information content (AvgIpc) is 3.34. The Morgan fingerprint density at radius 3 is 2.71 bits per heavy atom. The van der Waals surface area contributed by atoms with E-state index in [-0.39, 0.29) is 11.7 Å². The molecular weight excluding hydrogens is 453 g/mol. The fraction of sp³-hybridized carbons (Fsp3) is 0.231. The van der Waals surface area contributed by atoms with Crippen LogP contribution < -0.4 is 5.32 Å². The molecule has 2 N–H and O–H groups in total. The summed E-state index contributed by atoms with van der Waals surface area (Å²) in [4.78, 5) is 27.0. The Hall–Kier alpha value is -4.11. The first-order valence-corrected chi connectivity index (χ1v) is 10.9. The molecule has 35 heavy (non-hydrogen) atoms. The van der Waals surface area contributed by atoms with Crippen molar-refractivity contribution in [3.8, 4) is 22.6 Å². The van der Waals surface area contributed by atoms with E-state index in [1.54, 1.807) is 7.11 Å². The van der Waals surface area contributed by atoms with Gasteiger partial charge >= 0.3 is 5.97 Å². The number of aryl methyl sites for hydroxylation is 1. The molecule has 1 heterocycles. The van der Waals surface area contributed by atoms with Gasteiger partial charge in [0, 0.05) is 18.2 Å². The first-order valence-electron chi connectivity index (χ1n) is 10.9. The zero-order valence-electron chi connectivity index (χ0n) is 19.2. The van der Waals surface area contributed by atoms with E-state index < -0.39 is 30.5 Å². The molecule has 1 aliphatic carbocycles. The highest BCUT2D eigenvalue weighted by molar-refractivity contribution is 5.87. The minimum Gasteiger partial charge on any atom is -0.480 e. The van der Waals surface area contributed by atoms with Crippen LogP contribution in [0.3, 0.4) is 0 Å². The number of methoxy groups -OCH3 is 1. The fourth-order valence-electron chi connectivity index (χ4n) is 3.90. The van der Waals surface area contributed by atoms with Crippen molar-refractivity contribution in [3.63, 3.8) is 0 Å². The number of aromatic nitrogens is 2. The van der Waals surface area contributed by atoms with E-state index in [2.05, 4.69) is 21.5 Å². The molecule has 0 fully saturated rings. The molecule has 0 radical (unpaired) electrons. The van der Waals surface area contributed by atoms with Crippen LogP contribution in [0.2, 0.25) is 0 Å². The molecule has 1 amide bonds. The third-order valence-electron chi connectivity index (χ3n) is 5.65. The summed E-state index contributed by atoms with van der Waals surface area (Å²) in [6, 6.07) is 13.9. The highest BCUT2D eigenvalue weighted by atomic mass is 19.1. The molecule has 0 saturated heterocycles. The van der Waals surface area contributed by atoms with Crippen LogP contribution in [0, 0.1) is 12.8 Å². The summed E-state index contributed by atoms with van der Waals surface area (Å²) in [5.41, 5.74) is 5.29. The summed E-state index contributed by atoms with van der Waals surface area (Å²) in [7, 11) is 1.63. The second kappa shape index (κ2) is 10.4. The van der Waals surface area contributed by atoms with Gasteiger partial charge in [-0.15, -0.1) is 0 Å². The number of alkyl halides is 1. The van der Waals surface area contributed by atoms with Gasteiger partial charge in [-0.25, -0.2) is 4.39 Å². The summed E-state index contributed by atoms with van der Waals surface area (Å²) in [6.07, 6.45) is 2.44. The maximum absolute atomic E-state index is 14.6. The van der Waals surface area contributed by atoms with E-state index in [0.29, 0.717) is 17.7 Å². The number of hydrogen-bond donors (Lipinski definition) is 2. The zero-order valence-corrected chi connectivity index (χ0v) is 19.2. The van der Waals surface area contributed by atoms with E-state index in [1.807, 2.05) is 43.3 Å². The summed E-state index contributed by atoms with van der Waals surface area (Å²) in [6.45, 7) is 1.86. The van der Waals surface area contributed by atoms with Crippen molar-refractivity contribution < 1.29 is 28.3 Å². The van der Waals surface area contributed by atoms with Crippen molar-refractivity contribution in [2.24, 2.45) is 5.92 Å². The minimum absolute atomic E-state index is 0.180. The van der Waals surface area contributed by atoms with Crippen molar-refractivity contribution >= 4 is 17.4 Å². The van der Waals surface area contributed by atoms with E-state index in [1.165, 1.54) is 18.2 Å². The molecule has 0 saturated carbocycles. The summed E-state index contributed by atoms with van der Waals surface area (Å²) in [5.74, 6) is -2.60. The van der Waals surface area contributed by atoms with Gasteiger partial charge in [0.05, 0.1) is 12.5 Å². The molecule has 2 unspecified atom stereocenters. The van der Waals surface area contributed by atoms with E-state index in [9.17, 15) is 14.0 Å². The largest absolute Gasteiger partial charge is 0.480 e. The van der Waals surface area contributed by atoms with Gasteiger partial charge in [-0.1, -0.05) is 47.6 Å². The Kier molecular flexibility index (Phi) is 7.17. The molecule has 9 heteroatoms. The quantitative estimate of drug-likeness (QED) is 0.505. The van der Waals surface area contributed by atoms with Crippen molar-refractivity contribution in [1.82, 2.24) is 15.5 Å². The number of carbonyl (C=O) groups excluding carboxylic acids is 1. The number of carbonyl (C=O) groups is 2. The van der Waals surface area contributed by atoms with Crippen LogP contribution >= 0.6 is 0 Å². The smallest absolute Gasteiger partial charge is 0.322 e. The molecular formula is C26H24FN3O5. The highest BCUT2D eigenvalue weighted by Crippen LogP contribution is 2.32. The lowest BCUT2D eigenvalue weighted by molar-refractivity contribution is -0.138. The fourth-order valence-corrected chi connectivity index (χ4v) is 3.90. The molecule has 1 aromatic heterocycles. The van der Waals surface area contributed by atoms with Gasteiger partial charge in [-0.3, -0.25) is 9.59 Å². The second-order valence-corrected chi connectivity index (χ2v) is 8.11. The van der Waals surface area contributed by atoms with Crippen LogP contribution in [0.15, 0.2) is 65.2 Å². The minimum atomic E-state index is -1.66. The predicted molar refractivity (Wildman–Crippen MR) is 127 cm³/mol. The van der Waals surface area contributed by atoms with E-state index >= 15 is 0 Å². The van der Waals surface area contributed by atoms with Crippen molar-refractivity contribution in [3.05, 3.63) is 77.6 Å². The molecule has 0 aliphatic heterocycles. The summed E-state index contributed by atoms with van der Waals surface area (Å²) in [5, 5.41) is 14.8. The summed E-state index contributed by atoms with van der Waals surface area (Å²) < 4.78 is 25.5. The molecule has 3 aromatic rings.